The van der Waals surface area contributed by atoms with E-state index < -0.39 is 6.09 Å². The molecular formula is C25H29ClN6O4S. The number of para-hydroxylation sites is 1. The fraction of sp³-hybridized carbons (Fsp3) is 0.440. The van der Waals surface area contributed by atoms with E-state index in [4.69, 9.17) is 21.1 Å². The number of aliphatic imine (C=N–C) groups is 1. The molecule has 37 heavy (non-hydrogen) atoms. The highest BCUT2D eigenvalue weighted by molar-refractivity contribution is 8.20. The molecule has 5 aliphatic rings. The molecule has 6 rings (SSSR count). The number of nitrogens with zero attached hydrogens (tertiary/aromatic N) is 5. The second-order valence-electron chi connectivity index (χ2n) is 9.27. The first kappa shape index (κ1) is 24.6. The number of hydrazine groups is 1. The maximum atomic E-state index is 13.2. The Morgan fingerprint density at radius 3 is 2.89 bits per heavy atom. The van der Waals surface area contributed by atoms with E-state index in [1.807, 2.05) is 30.5 Å². The summed E-state index contributed by atoms with van der Waals surface area (Å²) in [7, 11) is -0.170. The first-order valence-electron chi connectivity index (χ1n) is 12.3. The van der Waals surface area contributed by atoms with Gasteiger partial charge < -0.3 is 19.3 Å². The fourth-order valence-corrected chi connectivity index (χ4v) is 7.57. The molecule has 10 nitrogen and oxygen atoms in total. The van der Waals surface area contributed by atoms with Crippen LogP contribution in [-0.2, 0) is 14.3 Å². The summed E-state index contributed by atoms with van der Waals surface area (Å²) in [5, 5.41) is 2.18. The maximum absolute atomic E-state index is 13.2. The largest absolute Gasteiger partial charge is 0.448 e. The third-order valence-corrected chi connectivity index (χ3v) is 9.54. The number of hydrogen-bond donors (Lipinski definition) is 1. The Morgan fingerprint density at radius 2 is 2.08 bits per heavy atom. The minimum Gasteiger partial charge on any atom is -0.448 e. The molecule has 2 atom stereocenters. The van der Waals surface area contributed by atoms with Crippen LogP contribution in [0.5, 0.6) is 0 Å². The van der Waals surface area contributed by atoms with Gasteiger partial charge in [-0.25, -0.2) is 20.1 Å². The lowest BCUT2D eigenvalue weighted by Crippen LogP contribution is -2.51. The van der Waals surface area contributed by atoms with Crippen molar-refractivity contribution >= 4 is 51.0 Å². The lowest BCUT2D eigenvalue weighted by atomic mass is 10.1. The van der Waals surface area contributed by atoms with Crippen molar-refractivity contribution < 1.29 is 19.1 Å². The van der Waals surface area contributed by atoms with E-state index in [0.29, 0.717) is 51.1 Å². The van der Waals surface area contributed by atoms with Gasteiger partial charge in [0.25, 0.3) is 0 Å². The standard InChI is InChI=1S/C25H29ClN6O4S/c1-37-21-13-27-12-17(21)18-14-30(20-5-3-2-4-19(20)26)15-22-31(24(18)37)16-28-32(22)25(34)36-9-6-23(33)29-7-10-35-11-8-29/h2-5,13-14,22,28H,6-12,15-16H2,1H3. The van der Waals surface area contributed by atoms with Crippen molar-refractivity contribution in [3.63, 3.8) is 0 Å². The molecule has 5 aliphatic heterocycles. The molecule has 12 heteroatoms. The Hall–Kier alpha value is -2.70. The average Bonchev–Trinajstić information content (AvgIpc) is 3.58. The summed E-state index contributed by atoms with van der Waals surface area (Å²) in [6, 6.07) is 7.72. The Bertz CT molecular complexity index is 1260. The summed E-state index contributed by atoms with van der Waals surface area (Å²) in [5.41, 5.74) is 6.49. The van der Waals surface area contributed by atoms with Crippen molar-refractivity contribution in [1.82, 2.24) is 20.2 Å². The minimum absolute atomic E-state index is 0.0265. The predicted molar refractivity (Wildman–Crippen MR) is 145 cm³/mol. The van der Waals surface area contributed by atoms with E-state index in [1.54, 1.807) is 9.91 Å². The number of anilines is 1. The van der Waals surface area contributed by atoms with Crippen LogP contribution in [0.4, 0.5) is 10.5 Å². The minimum atomic E-state index is -0.499. The van der Waals surface area contributed by atoms with Gasteiger partial charge in [-0.05, 0) is 24.0 Å². The molecule has 2 unspecified atom stereocenters. The number of carbonyl (C=O) groups is 2. The van der Waals surface area contributed by atoms with Crippen LogP contribution in [0.15, 0.2) is 51.5 Å². The van der Waals surface area contributed by atoms with Gasteiger partial charge in [0.1, 0.15) is 12.8 Å². The number of rotatable bonds is 4. The van der Waals surface area contributed by atoms with Crippen molar-refractivity contribution in [3.05, 3.63) is 51.5 Å². The molecule has 0 aliphatic carbocycles. The van der Waals surface area contributed by atoms with Crippen molar-refractivity contribution in [2.45, 2.75) is 12.6 Å². The number of nitrogens with one attached hydrogen (secondary N) is 1. The summed E-state index contributed by atoms with van der Waals surface area (Å²) >= 11 is 6.61. The van der Waals surface area contributed by atoms with Crippen LogP contribution < -0.4 is 10.3 Å². The summed E-state index contributed by atoms with van der Waals surface area (Å²) < 4.78 is 10.9. The molecule has 196 valence electrons. The number of allylic oxidation sites excluding steroid dienone is 1. The van der Waals surface area contributed by atoms with E-state index >= 15 is 0 Å². The molecular weight excluding hydrogens is 516 g/mol. The van der Waals surface area contributed by atoms with E-state index in [1.165, 1.54) is 15.5 Å². The molecule has 1 N–H and O–H groups in total. The zero-order valence-corrected chi connectivity index (χ0v) is 22.1. The van der Waals surface area contributed by atoms with Crippen LogP contribution in [0.2, 0.25) is 5.02 Å². The van der Waals surface area contributed by atoms with Crippen molar-refractivity contribution in [1.29, 1.82) is 0 Å². The second-order valence-corrected chi connectivity index (χ2v) is 11.5. The van der Waals surface area contributed by atoms with Gasteiger partial charge in [-0.15, -0.1) is 10.5 Å². The average molecular weight is 545 g/mol. The Kier molecular flexibility index (Phi) is 6.80. The molecule has 2 fully saturated rings. The monoisotopic (exact) mass is 544 g/mol. The van der Waals surface area contributed by atoms with E-state index in [0.717, 1.165) is 11.3 Å². The molecule has 0 saturated carbocycles. The van der Waals surface area contributed by atoms with Crippen molar-refractivity contribution in [2.24, 2.45) is 4.99 Å². The number of benzene rings is 1. The Labute approximate surface area is 223 Å². The van der Waals surface area contributed by atoms with Crippen molar-refractivity contribution in [2.75, 3.05) is 63.8 Å². The third kappa shape index (κ3) is 4.48. The number of hydrogen-bond acceptors (Lipinski definition) is 8. The first-order valence-corrected chi connectivity index (χ1v) is 14.4. The van der Waals surface area contributed by atoms with E-state index in [9.17, 15) is 9.59 Å². The number of ether oxygens (including phenoxy) is 2. The highest BCUT2D eigenvalue weighted by atomic mass is 35.5. The van der Waals surface area contributed by atoms with Gasteiger partial charge >= 0.3 is 6.09 Å². The summed E-state index contributed by atoms with van der Waals surface area (Å²) in [6.45, 7) is 3.89. The molecule has 5 heterocycles. The predicted octanol–water partition coefficient (Wildman–Crippen LogP) is 2.22. The summed E-state index contributed by atoms with van der Waals surface area (Å²) in [5.74, 6) is -0.0286. The number of halogens is 1. The van der Waals surface area contributed by atoms with Crippen LogP contribution >= 0.6 is 22.1 Å². The normalized spacial score (nSPS) is 25.2. The highest BCUT2D eigenvalue weighted by Crippen LogP contribution is 2.45. The smallest absolute Gasteiger partial charge is 0.425 e. The number of morpholine rings is 1. The zero-order chi connectivity index (χ0) is 25.5. The van der Waals surface area contributed by atoms with Crippen LogP contribution in [0.1, 0.15) is 6.42 Å². The van der Waals surface area contributed by atoms with Gasteiger partial charge in [0, 0.05) is 36.0 Å². The Morgan fingerprint density at radius 1 is 1.27 bits per heavy atom. The fourth-order valence-electron chi connectivity index (χ4n) is 5.30. The molecule has 0 aromatic heterocycles. The third-order valence-electron chi connectivity index (χ3n) is 7.17. The van der Waals surface area contributed by atoms with Gasteiger partial charge in [-0.1, -0.05) is 23.7 Å². The van der Waals surface area contributed by atoms with Gasteiger partial charge in [0.05, 0.1) is 55.1 Å². The van der Waals surface area contributed by atoms with Gasteiger partial charge in [-0.2, -0.15) is 0 Å². The van der Waals surface area contributed by atoms with Crippen LogP contribution in [0, 0.1) is 0 Å². The lowest BCUT2D eigenvalue weighted by molar-refractivity contribution is -0.136. The second kappa shape index (κ2) is 10.2. The number of carbonyl (C=O) groups excluding carboxylic acids is 2. The van der Waals surface area contributed by atoms with Crippen LogP contribution in [0.25, 0.3) is 0 Å². The van der Waals surface area contributed by atoms with Crippen molar-refractivity contribution in [3.8, 4) is 0 Å². The zero-order valence-electron chi connectivity index (χ0n) is 20.6. The summed E-state index contributed by atoms with van der Waals surface area (Å²) in [4.78, 5) is 38.8. The lowest BCUT2D eigenvalue weighted by Gasteiger charge is -2.31. The molecule has 0 bridgehead atoms. The first-order chi connectivity index (χ1) is 18.0. The molecule has 1 aromatic rings. The van der Waals surface area contributed by atoms with E-state index in [-0.39, 0.29) is 35.6 Å². The van der Waals surface area contributed by atoms with Gasteiger partial charge in [0.2, 0.25) is 5.91 Å². The number of amides is 2. The summed E-state index contributed by atoms with van der Waals surface area (Å²) in [6.07, 6.45) is 5.67. The Balaban J connectivity index is 1.23. The molecule has 2 amide bonds. The molecule has 1 aromatic carbocycles. The van der Waals surface area contributed by atoms with Gasteiger partial charge in [-0.3, -0.25) is 9.79 Å². The molecule has 2 saturated heterocycles. The maximum Gasteiger partial charge on any atom is 0.425 e. The quantitative estimate of drug-likeness (QED) is 0.581. The number of fused-ring (bicyclic) bond motifs is 4. The van der Waals surface area contributed by atoms with Crippen LogP contribution in [-0.4, -0.2) is 103 Å². The topological polar surface area (TPSA) is 90.0 Å². The molecule has 0 spiro atoms. The molecule has 0 radical (unpaired) electrons. The SMILES string of the molecule is CS1=C2C(=CN(c3ccccc3Cl)CC3N2CNN3C(=O)OCCC(=O)N2CCOCC2)C2=C1C=NC2. The van der Waals surface area contributed by atoms with E-state index in [2.05, 4.69) is 32.7 Å². The highest BCUT2D eigenvalue weighted by Gasteiger charge is 2.45. The van der Waals surface area contributed by atoms with Crippen LogP contribution in [0.3, 0.4) is 0 Å². The van der Waals surface area contributed by atoms with Gasteiger partial charge in [0.15, 0.2) is 0 Å².